The Bertz CT molecular complexity index is 837. The molecule has 320 valence electrons. The Morgan fingerprint density at radius 1 is 0.315 bits per heavy atom. The van der Waals surface area contributed by atoms with E-state index in [2.05, 4.69) is 41.5 Å². The summed E-state index contributed by atoms with van der Waals surface area (Å²) >= 11 is 0. The van der Waals surface area contributed by atoms with Crippen molar-refractivity contribution in [3.63, 3.8) is 0 Å². The maximum absolute atomic E-state index is 12.7. The summed E-state index contributed by atoms with van der Waals surface area (Å²) in [4.78, 5) is 37.7. The van der Waals surface area contributed by atoms with Gasteiger partial charge in [-0.05, 0) is 37.0 Å². The molecule has 0 saturated carbocycles. The quantitative estimate of drug-likeness (QED) is 0.0350. The Hall–Kier alpha value is -1.59. The summed E-state index contributed by atoms with van der Waals surface area (Å²) < 4.78 is 16.7. The second-order valence-corrected chi connectivity index (χ2v) is 17.8. The van der Waals surface area contributed by atoms with Crippen LogP contribution in [0.4, 0.5) is 0 Å². The molecule has 0 N–H and O–H groups in total. The molecule has 0 rings (SSSR count). The molecule has 0 amide bonds. The summed E-state index contributed by atoms with van der Waals surface area (Å²) in [5.74, 6) is 1.52. The SMILES string of the molecule is CC(C)CCCCCCCCCCCCCCCCC(=O)O[C@@H](COC(=O)CCCCCCCCCC(C)C)COC(=O)CCCCCCCCC(C)C. The number of hydrogen-bond donors (Lipinski definition) is 0. The van der Waals surface area contributed by atoms with Gasteiger partial charge in [0.25, 0.3) is 0 Å². The van der Waals surface area contributed by atoms with E-state index >= 15 is 0 Å². The zero-order valence-electron chi connectivity index (χ0n) is 37.0. The lowest BCUT2D eigenvalue weighted by atomic mass is 10.0. The number of hydrogen-bond acceptors (Lipinski definition) is 6. The van der Waals surface area contributed by atoms with Gasteiger partial charge in [-0.2, -0.15) is 0 Å². The highest BCUT2D eigenvalue weighted by molar-refractivity contribution is 5.71. The number of ether oxygens (including phenoxy) is 3. The van der Waals surface area contributed by atoms with Gasteiger partial charge in [-0.15, -0.1) is 0 Å². The monoisotopic (exact) mass is 765 g/mol. The molecule has 0 bridgehead atoms. The third-order valence-corrected chi connectivity index (χ3v) is 10.6. The van der Waals surface area contributed by atoms with Crippen molar-refractivity contribution in [1.29, 1.82) is 0 Å². The number of carbonyl (C=O) groups excluding carboxylic acids is 3. The highest BCUT2D eigenvalue weighted by Gasteiger charge is 2.19. The zero-order chi connectivity index (χ0) is 39.9. The van der Waals surface area contributed by atoms with Crippen LogP contribution in [0.1, 0.15) is 253 Å². The largest absolute Gasteiger partial charge is 0.462 e. The predicted molar refractivity (Wildman–Crippen MR) is 229 cm³/mol. The van der Waals surface area contributed by atoms with Crippen molar-refractivity contribution in [2.24, 2.45) is 17.8 Å². The first-order valence-electron chi connectivity index (χ1n) is 23.6. The van der Waals surface area contributed by atoms with Crippen LogP contribution in [0.5, 0.6) is 0 Å². The molecule has 0 unspecified atom stereocenters. The van der Waals surface area contributed by atoms with Crippen LogP contribution < -0.4 is 0 Å². The first-order valence-corrected chi connectivity index (χ1v) is 23.6. The van der Waals surface area contributed by atoms with E-state index in [0.717, 1.165) is 75.5 Å². The molecular formula is C48H92O6. The van der Waals surface area contributed by atoms with Crippen molar-refractivity contribution in [3.8, 4) is 0 Å². The van der Waals surface area contributed by atoms with Crippen LogP contribution in [0.25, 0.3) is 0 Å². The Kier molecular flexibility index (Phi) is 38.5. The van der Waals surface area contributed by atoms with Gasteiger partial charge in [0.15, 0.2) is 6.10 Å². The fraction of sp³-hybridized carbons (Fsp3) is 0.938. The molecule has 0 saturated heterocycles. The van der Waals surface area contributed by atoms with Crippen LogP contribution in [0.2, 0.25) is 0 Å². The Morgan fingerprint density at radius 2 is 0.537 bits per heavy atom. The van der Waals surface area contributed by atoms with Crippen molar-refractivity contribution in [1.82, 2.24) is 0 Å². The second-order valence-electron chi connectivity index (χ2n) is 17.8. The molecular weight excluding hydrogens is 673 g/mol. The number of esters is 3. The summed E-state index contributed by atoms with van der Waals surface area (Å²) in [6.45, 7) is 13.6. The molecule has 0 aromatic carbocycles. The molecule has 0 aliphatic carbocycles. The van der Waals surface area contributed by atoms with Gasteiger partial charge in [0.05, 0.1) is 0 Å². The third kappa shape index (κ3) is 41.6. The minimum absolute atomic E-state index is 0.0671. The van der Waals surface area contributed by atoms with Crippen molar-refractivity contribution in [2.75, 3.05) is 13.2 Å². The van der Waals surface area contributed by atoms with Crippen LogP contribution in [-0.4, -0.2) is 37.2 Å². The van der Waals surface area contributed by atoms with E-state index in [1.54, 1.807) is 0 Å². The Morgan fingerprint density at radius 3 is 0.796 bits per heavy atom. The minimum atomic E-state index is -0.762. The van der Waals surface area contributed by atoms with Gasteiger partial charge >= 0.3 is 17.9 Å². The Labute approximate surface area is 336 Å². The maximum Gasteiger partial charge on any atom is 0.306 e. The molecule has 0 aromatic rings. The summed E-state index contributed by atoms with van der Waals surface area (Å²) in [5, 5.41) is 0. The molecule has 6 nitrogen and oxygen atoms in total. The normalized spacial score (nSPS) is 12.2. The van der Waals surface area contributed by atoms with Crippen molar-refractivity contribution in [3.05, 3.63) is 0 Å². The van der Waals surface area contributed by atoms with E-state index in [1.807, 2.05) is 0 Å². The molecule has 0 spiro atoms. The Balaban J connectivity index is 4.28. The van der Waals surface area contributed by atoms with Crippen LogP contribution >= 0.6 is 0 Å². The van der Waals surface area contributed by atoms with Crippen LogP contribution in [0, 0.1) is 17.8 Å². The van der Waals surface area contributed by atoms with Gasteiger partial charge in [0, 0.05) is 19.3 Å². The summed E-state index contributed by atoms with van der Waals surface area (Å²) in [5.41, 5.74) is 0. The van der Waals surface area contributed by atoms with Crippen LogP contribution in [-0.2, 0) is 28.6 Å². The second kappa shape index (κ2) is 39.6. The number of carbonyl (C=O) groups is 3. The highest BCUT2D eigenvalue weighted by atomic mass is 16.6. The zero-order valence-corrected chi connectivity index (χ0v) is 37.0. The molecule has 0 heterocycles. The van der Waals surface area contributed by atoms with Crippen LogP contribution in [0.3, 0.4) is 0 Å². The maximum atomic E-state index is 12.7. The summed E-state index contributed by atoms with van der Waals surface area (Å²) in [6.07, 6.45) is 36.8. The van der Waals surface area contributed by atoms with E-state index in [4.69, 9.17) is 14.2 Å². The first-order chi connectivity index (χ1) is 26.1. The minimum Gasteiger partial charge on any atom is -0.462 e. The summed E-state index contributed by atoms with van der Waals surface area (Å²) in [6, 6.07) is 0. The van der Waals surface area contributed by atoms with Gasteiger partial charge in [-0.3, -0.25) is 14.4 Å². The fourth-order valence-corrected chi connectivity index (χ4v) is 7.06. The molecule has 0 radical (unpaired) electrons. The third-order valence-electron chi connectivity index (χ3n) is 10.6. The molecule has 1 atom stereocenters. The van der Waals surface area contributed by atoms with Gasteiger partial charge in [0.2, 0.25) is 0 Å². The molecule has 0 fully saturated rings. The lowest BCUT2D eigenvalue weighted by Crippen LogP contribution is -2.30. The first kappa shape index (κ1) is 52.4. The van der Waals surface area contributed by atoms with Crippen molar-refractivity contribution in [2.45, 2.75) is 260 Å². The van der Waals surface area contributed by atoms with Crippen molar-refractivity contribution < 1.29 is 28.6 Å². The molecule has 54 heavy (non-hydrogen) atoms. The van der Waals surface area contributed by atoms with Gasteiger partial charge in [0.1, 0.15) is 13.2 Å². The molecule has 0 aliphatic rings. The van der Waals surface area contributed by atoms with E-state index in [0.29, 0.717) is 19.3 Å². The number of unbranched alkanes of at least 4 members (excludes halogenated alkanes) is 24. The number of rotatable bonds is 41. The van der Waals surface area contributed by atoms with Gasteiger partial charge in [-0.25, -0.2) is 0 Å². The fourth-order valence-electron chi connectivity index (χ4n) is 7.06. The van der Waals surface area contributed by atoms with Gasteiger partial charge in [-0.1, -0.05) is 215 Å². The van der Waals surface area contributed by atoms with Gasteiger partial charge < -0.3 is 14.2 Å². The predicted octanol–water partition coefficient (Wildman–Crippen LogP) is 14.8. The van der Waals surface area contributed by atoms with E-state index in [1.165, 1.54) is 135 Å². The summed E-state index contributed by atoms with van der Waals surface area (Å²) in [7, 11) is 0. The smallest absolute Gasteiger partial charge is 0.306 e. The average molecular weight is 765 g/mol. The lowest BCUT2D eigenvalue weighted by molar-refractivity contribution is -0.167. The molecule has 0 aromatic heterocycles. The highest BCUT2D eigenvalue weighted by Crippen LogP contribution is 2.17. The van der Waals surface area contributed by atoms with E-state index < -0.39 is 6.10 Å². The van der Waals surface area contributed by atoms with E-state index in [-0.39, 0.29) is 31.1 Å². The molecule has 6 heteroatoms. The lowest BCUT2D eigenvalue weighted by Gasteiger charge is -2.18. The van der Waals surface area contributed by atoms with Crippen LogP contribution in [0.15, 0.2) is 0 Å². The standard InChI is InChI=1S/C48H92O6/c1-42(2)34-28-22-16-13-11-9-7-8-10-12-14-18-27-33-39-48(51)54-45(41-53-47(50)38-32-26-21-20-24-30-36-44(5)6)40-52-46(49)37-31-25-19-15-17-23-29-35-43(3)4/h42-45H,7-41H2,1-6H3/t45-/m0/s1. The van der Waals surface area contributed by atoms with E-state index in [9.17, 15) is 14.4 Å². The topological polar surface area (TPSA) is 78.9 Å². The van der Waals surface area contributed by atoms with Crippen molar-refractivity contribution >= 4 is 17.9 Å². The average Bonchev–Trinajstić information content (AvgIpc) is 3.12. The molecule has 0 aliphatic heterocycles.